The average Bonchev–Trinajstić information content (AvgIpc) is 3.32. The van der Waals surface area contributed by atoms with Crippen molar-refractivity contribution in [1.29, 1.82) is 0 Å². The van der Waals surface area contributed by atoms with E-state index in [0.29, 0.717) is 31.0 Å². The number of hydrogen-bond donors (Lipinski definition) is 1. The van der Waals surface area contributed by atoms with Crippen molar-refractivity contribution in [2.24, 2.45) is 0 Å². The van der Waals surface area contributed by atoms with Crippen LogP contribution in [0, 0.1) is 10.1 Å². The van der Waals surface area contributed by atoms with E-state index < -0.39 is 4.92 Å². The summed E-state index contributed by atoms with van der Waals surface area (Å²) in [4.78, 5) is 25.6. The summed E-state index contributed by atoms with van der Waals surface area (Å²) in [6.07, 6.45) is 4.81. The van der Waals surface area contributed by atoms with Crippen LogP contribution in [0.3, 0.4) is 0 Å². The lowest BCUT2D eigenvalue weighted by atomic mass is 10.3. The predicted molar refractivity (Wildman–Crippen MR) is 80.0 cm³/mol. The normalized spacial score (nSPS) is 10.7. The van der Waals surface area contributed by atoms with Gasteiger partial charge < -0.3 is 28.9 Å². The van der Waals surface area contributed by atoms with E-state index in [1.54, 1.807) is 16.7 Å². The second kappa shape index (κ2) is 6.77. The van der Waals surface area contributed by atoms with E-state index in [1.807, 2.05) is 0 Å². The van der Waals surface area contributed by atoms with Crippen LogP contribution in [0.1, 0.15) is 16.9 Å². The molecule has 0 aliphatic carbocycles. The number of aromatic nitrogens is 3. The summed E-state index contributed by atoms with van der Waals surface area (Å²) < 4.78 is 11.8. The SMILES string of the molecule is O=C(NCCCn1cnc([N+](=O)[O-])c1)c1cc(-c2ccco2)on1. The van der Waals surface area contributed by atoms with Crippen LogP contribution < -0.4 is 5.32 Å². The van der Waals surface area contributed by atoms with Crippen molar-refractivity contribution in [3.63, 3.8) is 0 Å². The second-order valence-corrected chi connectivity index (χ2v) is 4.89. The number of nitro groups is 1. The summed E-state index contributed by atoms with van der Waals surface area (Å²) in [5, 5.41) is 16.9. The Morgan fingerprint density at radius 1 is 1.42 bits per heavy atom. The Hall–Kier alpha value is -3.43. The molecule has 0 spiro atoms. The molecule has 0 unspecified atom stereocenters. The molecule has 1 N–H and O–H groups in total. The molecule has 0 saturated heterocycles. The first-order valence-corrected chi connectivity index (χ1v) is 7.08. The summed E-state index contributed by atoms with van der Waals surface area (Å²) in [7, 11) is 0. The van der Waals surface area contributed by atoms with Crippen molar-refractivity contribution < 1.29 is 18.7 Å². The van der Waals surface area contributed by atoms with E-state index in [1.165, 1.54) is 24.9 Å². The maximum absolute atomic E-state index is 12.0. The molecule has 3 aromatic rings. The van der Waals surface area contributed by atoms with Gasteiger partial charge in [0.1, 0.15) is 6.20 Å². The first-order chi connectivity index (χ1) is 11.6. The Balaban J connectivity index is 1.46. The number of nitrogens with one attached hydrogen (secondary N) is 1. The summed E-state index contributed by atoms with van der Waals surface area (Å²) in [6, 6.07) is 4.90. The molecule has 0 saturated carbocycles. The molecule has 0 aromatic carbocycles. The van der Waals surface area contributed by atoms with Crippen molar-refractivity contribution in [2.75, 3.05) is 6.54 Å². The number of amides is 1. The van der Waals surface area contributed by atoms with Crippen LogP contribution in [0.2, 0.25) is 0 Å². The number of hydrogen-bond acceptors (Lipinski definition) is 7. The molecule has 0 aliphatic heterocycles. The van der Waals surface area contributed by atoms with Crippen LogP contribution in [0.5, 0.6) is 0 Å². The first kappa shape index (κ1) is 15.5. The fourth-order valence-corrected chi connectivity index (χ4v) is 2.04. The van der Waals surface area contributed by atoms with E-state index in [0.717, 1.165) is 0 Å². The van der Waals surface area contributed by atoms with Crippen molar-refractivity contribution in [3.05, 3.63) is 52.8 Å². The maximum atomic E-state index is 12.0. The van der Waals surface area contributed by atoms with Gasteiger partial charge in [-0.25, -0.2) is 0 Å². The number of rotatable bonds is 7. The third-order valence-corrected chi connectivity index (χ3v) is 3.19. The van der Waals surface area contributed by atoms with E-state index >= 15 is 0 Å². The standard InChI is InChI=1S/C14H13N5O5/c20-14(10-7-12(24-17-10)11-3-1-6-23-11)15-4-2-5-18-8-13(16-9-18)19(21)22/h1,3,6-9H,2,4-5H2,(H,15,20). The van der Waals surface area contributed by atoms with Crippen LogP contribution in [-0.2, 0) is 6.54 Å². The lowest BCUT2D eigenvalue weighted by Crippen LogP contribution is -2.25. The number of carbonyl (C=O) groups excluding carboxylic acids is 1. The molecule has 3 rings (SSSR count). The quantitative estimate of drug-likeness (QED) is 0.397. The van der Waals surface area contributed by atoms with Crippen molar-refractivity contribution >= 4 is 11.7 Å². The lowest BCUT2D eigenvalue weighted by Gasteiger charge is -2.02. The van der Waals surface area contributed by atoms with E-state index in [2.05, 4.69) is 15.5 Å². The molecule has 3 aromatic heterocycles. The monoisotopic (exact) mass is 331 g/mol. The highest BCUT2D eigenvalue weighted by Gasteiger charge is 2.15. The third kappa shape index (κ3) is 3.48. The van der Waals surface area contributed by atoms with Crippen molar-refractivity contribution in [1.82, 2.24) is 20.0 Å². The molecular weight excluding hydrogens is 318 g/mol. The zero-order valence-corrected chi connectivity index (χ0v) is 12.4. The van der Waals surface area contributed by atoms with Gasteiger partial charge in [-0.3, -0.25) is 4.79 Å². The van der Waals surface area contributed by atoms with Gasteiger partial charge in [0.25, 0.3) is 5.91 Å². The molecule has 0 fully saturated rings. The predicted octanol–water partition coefficient (Wildman–Crippen LogP) is 1.86. The molecule has 1 amide bonds. The lowest BCUT2D eigenvalue weighted by molar-refractivity contribution is -0.389. The minimum atomic E-state index is -0.556. The van der Waals surface area contributed by atoms with Crippen LogP contribution in [-0.4, -0.2) is 32.1 Å². The van der Waals surface area contributed by atoms with Gasteiger partial charge in [0.2, 0.25) is 12.1 Å². The van der Waals surface area contributed by atoms with E-state index in [-0.39, 0.29) is 17.4 Å². The fraction of sp³-hybridized carbons (Fsp3) is 0.214. The molecule has 0 atom stereocenters. The van der Waals surface area contributed by atoms with Gasteiger partial charge in [0.05, 0.1) is 6.26 Å². The number of imidazole rings is 1. The van der Waals surface area contributed by atoms with E-state index in [9.17, 15) is 14.9 Å². The zero-order valence-electron chi connectivity index (χ0n) is 12.4. The molecule has 10 heteroatoms. The topological polar surface area (TPSA) is 129 Å². The third-order valence-electron chi connectivity index (χ3n) is 3.19. The Morgan fingerprint density at radius 2 is 2.29 bits per heavy atom. The number of nitrogens with zero attached hydrogens (tertiary/aromatic N) is 4. The van der Waals surface area contributed by atoms with Gasteiger partial charge in [-0.2, -0.15) is 0 Å². The Bertz CT molecular complexity index is 835. The molecular formula is C14H13N5O5. The fourth-order valence-electron chi connectivity index (χ4n) is 2.04. The Labute approximate surface area is 135 Å². The van der Waals surface area contributed by atoms with Gasteiger partial charge in [-0.05, 0) is 28.5 Å². The number of carbonyl (C=O) groups is 1. The molecule has 10 nitrogen and oxygen atoms in total. The van der Waals surface area contributed by atoms with Crippen LogP contribution in [0.4, 0.5) is 5.82 Å². The molecule has 24 heavy (non-hydrogen) atoms. The highest BCUT2D eigenvalue weighted by Crippen LogP contribution is 2.20. The van der Waals surface area contributed by atoms with Gasteiger partial charge in [-0.15, -0.1) is 0 Å². The Morgan fingerprint density at radius 3 is 3.00 bits per heavy atom. The second-order valence-electron chi connectivity index (χ2n) is 4.89. The first-order valence-electron chi connectivity index (χ1n) is 7.08. The van der Waals surface area contributed by atoms with Crippen molar-refractivity contribution in [3.8, 4) is 11.5 Å². The molecule has 0 bridgehead atoms. The molecule has 0 aliphatic rings. The molecule has 0 radical (unpaired) electrons. The highest BCUT2D eigenvalue weighted by molar-refractivity contribution is 5.92. The maximum Gasteiger partial charge on any atom is 0.381 e. The minimum absolute atomic E-state index is 0.152. The van der Waals surface area contributed by atoms with Crippen LogP contribution in [0.25, 0.3) is 11.5 Å². The van der Waals surface area contributed by atoms with Crippen LogP contribution in [0.15, 0.2) is 45.9 Å². The Kier molecular flexibility index (Phi) is 4.36. The van der Waals surface area contributed by atoms with Gasteiger partial charge in [0, 0.05) is 19.2 Å². The summed E-state index contributed by atoms with van der Waals surface area (Å²) in [6.45, 7) is 0.880. The van der Waals surface area contributed by atoms with Crippen molar-refractivity contribution in [2.45, 2.75) is 13.0 Å². The zero-order chi connectivity index (χ0) is 16.9. The molecule has 3 heterocycles. The number of aryl methyl sites for hydroxylation is 1. The molecule has 124 valence electrons. The van der Waals surface area contributed by atoms with Gasteiger partial charge in [-0.1, -0.05) is 5.16 Å². The van der Waals surface area contributed by atoms with Crippen LogP contribution >= 0.6 is 0 Å². The number of furan rings is 1. The average molecular weight is 331 g/mol. The minimum Gasteiger partial charge on any atom is -0.461 e. The highest BCUT2D eigenvalue weighted by atomic mass is 16.6. The van der Waals surface area contributed by atoms with Gasteiger partial charge in [0.15, 0.2) is 11.5 Å². The summed E-state index contributed by atoms with van der Waals surface area (Å²) in [5.41, 5.74) is 0.152. The summed E-state index contributed by atoms with van der Waals surface area (Å²) >= 11 is 0. The largest absolute Gasteiger partial charge is 0.461 e. The summed E-state index contributed by atoms with van der Waals surface area (Å²) in [5.74, 6) is 0.291. The van der Waals surface area contributed by atoms with E-state index in [4.69, 9.17) is 8.94 Å². The van der Waals surface area contributed by atoms with Gasteiger partial charge >= 0.3 is 5.82 Å². The smallest absolute Gasteiger partial charge is 0.381 e.